The molecule has 0 spiro atoms. The Morgan fingerprint density at radius 3 is 2.52 bits per heavy atom. The lowest BCUT2D eigenvalue weighted by Gasteiger charge is -2.14. The smallest absolute Gasteiger partial charge is 0.419 e. The van der Waals surface area contributed by atoms with Gasteiger partial charge >= 0.3 is 12.8 Å². The van der Waals surface area contributed by atoms with Crippen LogP contribution in [0, 0.1) is 0 Å². The van der Waals surface area contributed by atoms with Crippen LogP contribution in [-0.2, 0) is 23.8 Å². The second kappa shape index (κ2) is 7.47. The van der Waals surface area contributed by atoms with Crippen LogP contribution in [0.2, 0.25) is 0 Å². The number of Topliss-reactive ketones (excluding diaryl/α,β-unsaturated/α-hetero) is 1. The average Bonchev–Trinajstić information content (AvgIpc) is 2.88. The van der Waals surface area contributed by atoms with Crippen molar-refractivity contribution in [3.05, 3.63) is 33.6 Å². The van der Waals surface area contributed by atoms with Crippen LogP contribution in [0.3, 0.4) is 0 Å². The first-order chi connectivity index (χ1) is 11.6. The SMILES string of the molecule is CCc1sc(CC(C)=O)nc1-c1ccc(OC(F)F)c(C(F)(F)F)c1. The summed E-state index contributed by atoms with van der Waals surface area (Å²) in [6.45, 7) is -0.155. The van der Waals surface area contributed by atoms with E-state index in [1.165, 1.54) is 24.3 Å². The lowest BCUT2D eigenvalue weighted by molar-refractivity contribution is -0.141. The Hall–Kier alpha value is -2.03. The summed E-state index contributed by atoms with van der Waals surface area (Å²) in [6, 6.07) is 2.84. The molecule has 1 aromatic heterocycles. The highest BCUT2D eigenvalue weighted by atomic mass is 32.1. The number of carbonyl (C=O) groups is 1. The fourth-order valence-electron chi connectivity index (χ4n) is 2.25. The summed E-state index contributed by atoms with van der Waals surface area (Å²) in [4.78, 5) is 16.2. The van der Waals surface area contributed by atoms with Gasteiger partial charge in [0.15, 0.2) is 0 Å². The van der Waals surface area contributed by atoms with Gasteiger partial charge < -0.3 is 4.74 Å². The van der Waals surface area contributed by atoms with Gasteiger partial charge in [-0.25, -0.2) is 4.98 Å². The van der Waals surface area contributed by atoms with Gasteiger partial charge in [0.1, 0.15) is 16.5 Å². The third-order valence-electron chi connectivity index (χ3n) is 3.24. The zero-order chi connectivity index (χ0) is 18.8. The molecule has 9 heteroatoms. The predicted molar refractivity (Wildman–Crippen MR) is 82.9 cm³/mol. The minimum Gasteiger partial charge on any atom is -0.434 e. The highest BCUT2D eigenvalue weighted by Crippen LogP contribution is 2.40. The maximum Gasteiger partial charge on any atom is 0.419 e. The van der Waals surface area contributed by atoms with Crippen molar-refractivity contribution in [3.8, 4) is 17.0 Å². The number of halogens is 5. The molecular formula is C16H14F5NO2S. The van der Waals surface area contributed by atoms with Crippen molar-refractivity contribution in [2.45, 2.75) is 39.5 Å². The summed E-state index contributed by atoms with van der Waals surface area (Å²) in [5, 5.41) is 0.501. The molecule has 136 valence electrons. The quantitative estimate of drug-likeness (QED) is 0.654. The molecule has 0 N–H and O–H groups in total. The normalized spacial score (nSPS) is 11.8. The second-order valence-electron chi connectivity index (χ2n) is 5.20. The van der Waals surface area contributed by atoms with Gasteiger partial charge in [-0.1, -0.05) is 6.92 Å². The first-order valence-electron chi connectivity index (χ1n) is 7.26. The van der Waals surface area contributed by atoms with E-state index in [1.807, 2.05) is 6.92 Å². The number of ketones is 1. The third-order valence-corrected chi connectivity index (χ3v) is 4.44. The number of rotatable bonds is 6. The molecule has 1 heterocycles. The number of nitrogens with zero attached hydrogens (tertiary/aromatic N) is 1. The summed E-state index contributed by atoms with van der Waals surface area (Å²) in [7, 11) is 0. The molecule has 0 fully saturated rings. The fourth-order valence-corrected chi connectivity index (χ4v) is 3.35. The number of carbonyl (C=O) groups excluding carboxylic acids is 1. The molecule has 25 heavy (non-hydrogen) atoms. The van der Waals surface area contributed by atoms with Gasteiger partial charge in [-0.2, -0.15) is 22.0 Å². The molecule has 0 aliphatic heterocycles. The third kappa shape index (κ3) is 4.75. The highest BCUT2D eigenvalue weighted by molar-refractivity contribution is 7.12. The number of ether oxygens (including phenoxy) is 1. The number of benzene rings is 1. The highest BCUT2D eigenvalue weighted by Gasteiger charge is 2.35. The van der Waals surface area contributed by atoms with Gasteiger partial charge in [-0.15, -0.1) is 11.3 Å². The molecule has 0 atom stereocenters. The standard InChI is InChI=1S/C16H14F5NO2S/c1-3-12-14(22-13(25-12)6-8(2)23)9-4-5-11(24-15(17)18)10(7-9)16(19,20)21/h4-5,7,15H,3,6H2,1-2H3. The lowest BCUT2D eigenvalue weighted by Crippen LogP contribution is -2.11. The van der Waals surface area contributed by atoms with E-state index in [2.05, 4.69) is 9.72 Å². The van der Waals surface area contributed by atoms with Crippen LogP contribution in [0.15, 0.2) is 18.2 Å². The van der Waals surface area contributed by atoms with Crippen molar-refractivity contribution in [1.29, 1.82) is 0 Å². The van der Waals surface area contributed by atoms with Crippen LogP contribution in [0.25, 0.3) is 11.3 Å². The maximum absolute atomic E-state index is 13.2. The monoisotopic (exact) mass is 379 g/mol. The fraction of sp³-hybridized carbons (Fsp3) is 0.375. The van der Waals surface area contributed by atoms with E-state index in [0.717, 1.165) is 12.1 Å². The minimum absolute atomic E-state index is 0.0936. The van der Waals surface area contributed by atoms with Crippen molar-refractivity contribution in [3.63, 3.8) is 0 Å². The van der Waals surface area contributed by atoms with E-state index in [1.54, 1.807) is 0 Å². The average molecular weight is 379 g/mol. The van der Waals surface area contributed by atoms with Crippen molar-refractivity contribution >= 4 is 17.1 Å². The molecule has 0 unspecified atom stereocenters. The van der Waals surface area contributed by atoms with Crippen molar-refractivity contribution < 1.29 is 31.5 Å². The summed E-state index contributed by atoms with van der Waals surface area (Å²) >= 11 is 1.25. The zero-order valence-corrected chi connectivity index (χ0v) is 14.1. The lowest BCUT2D eigenvalue weighted by atomic mass is 10.1. The molecule has 3 nitrogen and oxygen atoms in total. The predicted octanol–water partition coefficient (Wildman–Crippen LogP) is 5.12. The van der Waals surface area contributed by atoms with Crippen molar-refractivity contribution in [1.82, 2.24) is 4.98 Å². The number of alkyl halides is 5. The molecule has 0 amide bonds. The molecular weight excluding hydrogens is 365 g/mol. The maximum atomic E-state index is 13.2. The molecule has 0 saturated heterocycles. The summed E-state index contributed by atoms with van der Waals surface area (Å²) in [5.74, 6) is -1.05. The molecule has 1 aromatic carbocycles. The second-order valence-corrected chi connectivity index (χ2v) is 6.37. The molecule has 0 radical (unpaired) electrons. The van der Waals surface area contributed by atoms with Gasteiger partial charge in [0, 0.05) is 10.4 Å². The summed E-state index contributed by atoms with van der Waals surface area (Å²) < 4.78 is 68.1. The van der Waals surface area contributed by atoms with Gasteiger partial charge in [0.2, 0.25) is 0 Å². The first-order valence-corrected chi connectivity index (χ1v) is 8.08. The van der Waals surface area contributed by atoms with Crippen LogP contribution in [-0.4, -0.2) is 17.4 Å². The number of aromatic nitrogens is 1. The van der Waals surface area contributed by atoms with Gasteiger partial charge in [0.05, 0.1) is 17.7 Å². The van der Waals surface area contributed by atoms with Gasteiger partial charge in [0.25, 0.3) is 0 Å². The largest absolute Gasteiger partial charge is 0.434 e. The van der Waals surface area contributed by atoms with Crippen molar-refractivity contribution in [2.24, 2.45) is 0 Å². The molecule has 0 saturated carbocycles. The number of thiazole rings is 1. The minimum atomic E-state index is -4.86. The topological polar surface area (TPSA) is 39.2 Å². The Balaban J connectivity index is 2.53. The van der Waals surface area contributed by atoms with E-state index >= 15 is 0 Å². The van der Waals surface area contributed by atoms with Crippen LogP contribution in [0.4, 0.5) is 22.0 Å². The number of hydrogen-bond acceptors (Lipinski definition) is 4. The van der Waals surface area contributed by atoms with E-state index in [0.29, 0.717) is 22.0 Å². The molecule has 0 aliphatic rings. The Labute approximate surface area is 144 Å². The molecule has 0 bridgehead atoms. The van der Waals surface area contributed by atoms with E-state index in [-0.39, 0.29) is 17.8 Å². The van der Waals surface area contributed by atoms with Crippen LogP contribution in [0.1, 0.15) is 29.3 Å². The van der Waals surface area contributed by atoms with Crippen LogP contribution >= 0.6 is 11.3 Å². The van der Waals surface area contributed by atoms with E-state index in [4.69, 9.17) is 0 Å². The number of aryl methyl sites for hydroxylation is 1. The Kier molecular flexibility index (Phi) is 5.76. The van der Waals surface area contributed by atoms with Crippen LogP contribution < -0.4 is 4.74 Å². The summed E-state index contributed by atoms with van der Waals surface area (Å²) in [5.41, 5.74) is -0.844. The molecule has 2 aromatic rings. The van der Waals surface area contributed by atoms with Crippen LogP contribution in [0.5, 0.6) is 5.75 Å². The van der Waals surface area contributed by atoms with E-state index in [9.17, 15) is 26.7 Å². The Morgan fingerprint density at radius 2 is 2.00 bits per heavy atom. The first kappa shape index (κ1) is 19.3. The Morgan fingerprint density at radius 1 is 1.32 bits per heavy atom. The number of hydrogen-bond donors (Lipinski definition) is 0. The zero-order valence-electron chi connectivity index (χ0n) is 13.3. The Bertz CT molecular complexity index is 770. The van der Waals surface area contributed by atoms with Crippen molar-refractivity contribution in [2.75, 3.05) is 0 Å². The van der Waals surface area contributed by atoms with Gasteiger partial charge in [-0.3, -0.25) is 4.79 Å². The van der Waals surface area contributed by atoms with E-state index < -0.39 is 24.1 Å². The molecule has 0 aliphatic carbocycles. The summed E-state index contributed by atoms with van der Waals surface area (Å²) in [6.07, 6.45) is -4.25. The molecule has 2 rings (SSSR count). The van der Waals surface area contributed by atoms with Gasteiger partial charge in [-0.05, 0) is 31.5 Å².